The van der Waals surface area contributed by atoms with Crippen molar-refractivity contribution < 1.29 is 14.7 Å². The van der Waals surface area contributed by atoms with E-state index in [2.05, 4.69) is 22.3 Å². The van der Waals surface area contributed by atoms with Gasteiger partial charge in [0.1, 0.15) is 5.54 Å². The van der Waals surface area contributed by atoms with Gasteiger partial charge in [0.2, 0.25) is 0 Å². The quantitative estimate of drug-likeness (QED) is 0.778. The van der Waals surface area contributed by atoms with Crippen LogP contribution in [0, 0.1) is 0 Å². The number of aliphatic hydroxyl groups excluding tert-OH is 1. The van der Waals surface area contributed by atoms with Crippen LogP contribution >= 0.6 is 0 Å². The zero-order valence-electron chi connectivity index (χ0n) is 16.0. The highest BCUT2D eigenvalue weighted by atomic mass is 16.3. The second-order valence-corrected chi connectivity index (χ2v) is 7.74. The lowest BCUT2D eigenvalue weighted by atomic mass is 9.92. The number of hydrogen-bond acceptors (Lipinski definition) is 4. The predicted molar refractivity (Wildman–Crippen MR) is 105 cm³/mol. The third kappa shape index (κ3) is 3.41. The Balaban J connectivity index is 1.40. The molecule has 28 heavy (non-hydrogen) atoms. The van der Waals surface area contributed by atoms with Crippen molar-refractivity contribution in [3.05, 3.63) is 71.3 Å². The summed E-state index contributed by atoms with van der Waals surface area (Å²) in [5, 5.41) is 13.4. The summed E-state index contributed by atoms with van der Waals surface area (Å²) in [6.45, 7) is 3.75. The second-order valence-electron chi connectivity index (χ2n) is 7.74. The van der Waals surface area contributed by atoms with Gasteiger partial charge in [-0.1, -0.05) is 54.6 Å². The number of carbonyl (C=O) groups excluding carboxylic acids is 2. The van der Waals surface area contributed by atoms with E-state index in [9.17, 15) is 14.7 Å². The summed E-state index contributed by atoms with van der Waals surface area (Å²) in [4.78, 5) is 28.7. The van der Waals surface area contributed by atoms with Crippen LogP contribution in [-0.4, -0.2) is 52.6 Å². The average molecular weight is 379 g/mol. The van der Waals surface area contributed by atoms with E-state index in [0.29, 0.717) is 6.54 Å². The molecule has 4 rings (SSSR count). The summed E-state index contributed by atoms with van der Waals surface area (Å²) >= 11 is 0. The zero-order chi connectivity index (χ0) is 19.7. The highest BCUT2D eigenvalue weighted by Gasteiger charge is 2.49. The Kier molecular flexibility index (Phi) is 4.91. The number of β-amino-alcohol motifs (C(OH)–C–C–N with tert-alkyl or cyclic N) is 1. The minimum Gasteiger partial charge on any atom is -0.390 e. The predicted octanol–water partition coefficient (Wildman–Crippen LogP) is 1.87. The molecule has 3 amide bonds. The first-order chi connectivity index (χ1) is 13.5. The van der Waals surface area contributed by atoms with Gasteiger partial charge in [-0.3, -0.25) is 14.6 Å². The number of amides is 3. The SMILES string of the molecule is C[C@]1(c2ccccc2)NC(=O)N(C[C@@H](O)CN2CCc3ccccc3C2)C1=O. The van der Waals surface area contributed by atoms with Gasteiger partial charge in [-0.05, 0) is 30.0 Å². The Morgan fingerprint density at radius 3 is 2.46 bits per heavy atom. The summed E-state index contributed by atoms with van der Waals surface area (Å²) in [5.41, 5.74) is 2.26. The Morgan fingerprint density at radius 2 is 1.71 bits per heavy atom. The number of aliphatic hydroxyl groups is 1. The maximum absolute atomic E-state index is 12.9. The molecule has 2 N–H and O–H groups in total. The Bertz CT molecular complexity index is 886. The molecule has 2 atom stereocenters. The number of nitrogens with zero attached hydrogens (tertiary/aromatic N) is 2. The van der Waals surface area contributed by atoms with Crippen molar-refractivity contribution in [3.63, 3.8) is 0 Å². The van der Waals surface area contributed by atoms with Gasteiger partial charge in [0.05, 0.1) is 12.6 Å². The molecule has 2 heterocycles. The molecule has 6 nitrogen and oxygen atoms in total. The number of carbonyl (C=O) groups is 2. The fourth-order valence-corrected chi connectivity index (χ4v) is 4.11. The topological polar surface area (TPSA) is 72.9 Å². The lowest BCUT2D eigenvalue weighted by Gasteiger charge is -2.31. The molecule has 6 heteroatoms. The maximum atomic E-state index is 12.9. The summed E-state index contributed by atoms with van der Waals surface area (Å²) in [6, 6.07) is 17.0. The molecule has 1 fully saturated rings. The van der Waals surface area contributed by atoms with E-state index < -0.39 is 17.7 Å². The monoisotopic (exact) mass is 379 g/mol. The van der Waals surface area contributed by atoms with Crippen LogP contribution in [0.25, 0.3) is 0 Å². The largest absolute Gasteiger partial charge is 0.390 e. The normalized spacial score (nSPS) is 23.4. The van der Waals surface area contributed by atoms with E-state index in [4.69, 9.17) is 0 Å². The standard InChI is InChI=1S/C22H25N3O3/c1-22(18-9-3-2-4-10-18)20(27)25(21(28)23-22)15-19(26)14-24-12-11-16-7-5-6-8-17(16)13-24/h2-10,19,26H,11-15H2,1H3,(H,23,28)/t19-,22+/m0/s1. The highest BCUT2D eigenvalue weighted by molar-refractivity contribution is 6.07. The number of rotatable bonds is 5. The molecule has 0 spiro atoms. The zero-order valence-corrected chi connectivity index (χ0v) is 16.0. The summed E-state index contributed by atoms with van der Waals surface area (Å²) in [5.74, 6) is -0.327. The van der Waals surface area contributed by atoms with Gasteiger partial charge in [0.25, 0.3) is 5.91 Å². The molecular formula is C22H25N3O3. The molecule has 0 aromatic heterocycles. The molecule has 0 bridgehead atoms. The summed E-state index contributed by atoms with van der Waals surface area (Å²) < 4.78 is 0. The van der Waals surface area contributed by atoms with Crippen molar-refractivity contribution in [1.82, 2.24) is 15.1 Å². The molecule has 1 saturated heterocycles. The van der Waals surface area contributed by atoms with Crippen LogP contribution in [0.5, 0.6) is 0 Å². The number of nitrogens with one attached hydrogen (secondary N) is 1. The van der Waals surface area contributed by atoms with E-state index in [-0.39, 0.29) is 12.5 Å². The smallest absolute Gasteiger partial charge is 0.325 e. The average Bonchev–Trinajstić information content (AvgIpc) is 2.92. The van der Waals surface area contributed by atoms with Gasteiger partial charge in [-0.25, -0.2) is 4.79 Å². The molecule has 2 aliphatic rings. The van der Waals surface area contributed by atoms with Crippen LogP contribution < -0.4 is 5.32 Å². The fourth-order valence-electron chi connectivity index (χ4n) is 4.11. The van der Waals surface area contributed by atoms with Gasteiger partial charge >= 0.3 is 6.03 Å². The molecule has 0 aliphatic carbocycles. The third-order valence-electron chi connectivity index (χ3n) is 5.70. The molecule has 2 aliphatic heterocycles. The number of benzene rings is 2. The lowest BCUT2D eigenvalue weighted by Crippen LogP contribution is -2.45. The number of fused-ring (bicyclic) bond motifs is 1. The number of urea groups is 1. The first kappa shape index (κ1) is 18.7. The first-order valence-corrected chi connectivity index (χ1v) is 9.64. The number of hydrogen-bond donors (Lipinski definition) is 2. The minimum atomic E-state index is -1.10. The van der Waals surface area contributed by atoms with Gasteiger partial charge in [0.15, 0.2) is 0 Å². The Labute approximate surface area is 164 Å². The Morgan fingerprint density at radius 1 is 1.04 bits per heavy atom. The fraction of sp³-hybridized carbons (Fsp3) is 0.364. The van der Waals surface area contributed by atoms with E-state index >= 15 is 0 Å². The van der Waals surface area contributed by atoms with Crippen LogP contribution in [0.3, 0.4) is 0 Å². The molecule has 0 unspecified atom stereocenters. The summed E-state index contributed by atoms with van der Waals surface area (Å²) in [7, 11) is 0. The van der Waals surface area contributed by atoms with Crippen molar-refractivity contribution in [1.29, 1.82) is 0 Å². The van der Waals surface area contributed by atoms with Gasteiger partial charge < -0.3 is 10.4 Å². The van der Waals surface area contributed by atoms with Crippen molar-refractivity contribution in [2.24, 2.45) is 0 Å². The third-order valence-corrected chi connectivity index (χ3v) is 5.70. The van der Waals surface area contributed by atoms with E-state index in [1.54, 1.807) is 6.92 Å². The van der Waals surface area contributed by atoms with Gasteiger partial charge in [-0.15, -0.1) is 0 Å². The molecule has 0 radical (unpaired) electrons. The van der Waals surface area contributed by atoms with E-state index in [1.807, 2.05) is 42.5 Å². The maximum Gasteiger partial charge on any atom is 0.325 e. The van der Waals surface area contributed by atoms with Crippen molar-refractivity contribution in [3.8, 4) is 0 Å². The summed E-state index contributed by atoms with van der Waals surface area (Å²) in [6.07, 6.45) is 0.149. The van der Waals surface area contributed by atoms with Crippen LogP contribution in [0.1, 0.15) is 23.6 Å². The minimum absolute atomic E-state index is 0.00869. The van der Waals surface area contributed by atoms with E-state index in [1.165, 1.54) is 11.1 Å². The van der Waals surface area contributed by atoms with E-state index in [0.717, 1.165) is 30.0 Å². The molecule has 0 saturated carbocycles. The van der Waals surface area contributed by atoms with Gasteiger partial charge in [0, 0.05) is 19.6 Å². The molecule has 146 valence electrons. The van der Waals surface area contributed by atoms with Crippen LogP contribution in [0.4, 0.5) is 4.79 Å². The first-order valence-electron chi connectivity index (χ1n) is 9.64. The van der Waals surface area contributed by atoms with Crippen LogP contribution in [0.15, 0.2) is 54.6 Å². The van der Waals surface area contributed by atoms with Crippen molar-refractivity contribution in [2.45, 2.75) is 31.5 Å². The Hall–Kier alpha value is -2.70. The van der Waals surface area contributed by atoms with Crippen LogP contribution in [-0.2, 0) is 23.3 Å². The van der Waals surface area contributed by atoms with Crippen LogP contribution in [0.2, 0.25) is 0 Å². The number of imide groups is 1. The highest BCUT2D eigenvalue weighted by Crippen LogP contribution is 2.28. The van der Waals surface area contributed by atoms with Gasteiger partial charge in [-0.2, -0.15) is 0 Å². The lowest BCUT2D eigenvalue weighted by molar-refractivity contribution is -0.132. The second kappa shape index (κ2) is 7.37. The van der Waals surface area contributed by atoms with Crippen molar-refractivity contribution >= 4 is 11.9 Å². The molecule has 2 aromatic rings. The van der Waals surface area contributed by atoms with Crippen molar-refractivity contribution in [2.75, 3.05) is 19.6 Å². The molecular weight excluding hydrogens is 354 g/mol. The molecule has 2 aromatic carbocycles.